The van der Waals surface area contributed by atoms with Crippen LogP contribution in [0.15, 0.2) is 41.9 Å². The van der Waals surface area contributed by atoms with Crippen LogP contribution in [0.25, 0.3) is 0 Å². The molecule has 0 aromatic heterocycles. The predicted molar refractivity (Wildman–Crippen MR) is 87.1 cm³/mol. The molecule has 2 nitrogen and oxygen atoms in total. The van der Waals surface area contributed by atoms with E-state index in [1.54, 1.807) is 5.54 Å². The van der Waals surface area contributed by atoms with Crippen LogP contribution in [0.5, 0.6) is 0 Å². The highest BCUT2D eigenvalue weighted by molar-refractivity contribution is 6.25. The van der Waals surface area contributed by atoms with Crippen molar-refractivity contribution in [1.29, 1.82) is 0 Å². The summed E-state index contributed by atoms with van der Waals surface area (Å²) in [4.78, 5) is 2.54. The van der Waals surface area contributed by atoms with Gasteiger partial charge < -0.3 is 5.32 Å². The summed E-state index contributed by atoms with van der Waals surface area (Å²) in [6.07, 6.45) is 4.36. The monoisotopic (exact) mass is 292 g/mol. The average molecular weight is 293 g/mol. The van der Waals surface area contributed by atoms with Crippen molar-refractivity contribution in [2.24, 2.45) is 0 Å². The van der Waals surface area contributed by atoms with Gasteiger partial charge >= 0.3 is 0 Å². The molecule has 1 saturated heterocycles. The molecule has 3 heteroatoms. The van der Waals surface area contributed by atoms with Gasteiger partial charge in [0.1, 0.15) is 0 Å². The van der Waals surface area contributed by atoms with Crippen LogP contribution in [0.4, 0.5) is 0 Å². The van der Waals surface area contributed by atoms with Gasteiger partial charge in [0.05, 0.1) is 0 Å². The fraction of sp³-hybridized carbons (Fsp3) is 0.529. The molecule has 1 atom stereocenters. The first kappa shape index (κ1) is 15.6. The molecular weight excluding hydrogens is 268 g/mol. The van der Waals surface area contributed by atoms with Gasteiger partial charge in [-0.15, -0.1) is 0 Å². The average Bonchev–Trinajstić information content (AvgIpc) is 2.53. The maximum atomic E-state index is 5.73. The molecule has 1 N–H and O–H groups in total. The Morgan fingerprint density at radius 3 is 2.60 bits per heavy atom. The van der Waals surface area contributed by atoms with E-state index in [9.17, 15) is 0 Å². The van der Waals surface area contributed by atoms with Crippen molar-refractivity contribution >= 4 is 11.6 Å². The molecule has 0 bridgehead atoms. The molecule has 0 aliphatic carbocycles. The molecule has 20 heavy (non-hydrogen) atoms. The smallest absolute Gasteiger partial charge is 0.0476 e. The minimum Gasteiger partial charge on any atom is -0.308 e. The highest BCUT2D eigenvalue weighted by atomic mass is 35.5. The van der Waals surface area contributed by atoms with Gasteiger partial charge in [0.2, 0.25) is 0 Å². The van der Waals surface area contributed by atoms with Crippen LogP contribution in [-0.2, 0) is 0 Å². The Bertz CT molecular complexity index is 426. The second-order valence-corrected chi connectivity index (χ2v) is 5.84. The zero-order valence-corrected chi connectivity index (χ0v) is 13.2. The number of piperazine rings is 1. The largest absolute Gasteiger partial charge is 0.308 e. The van der Waals surface area contributed by atoms with Crippen LogP contribution in [0.3, 0.4) is 0 Å². The number of nitrogens with one attached hydrogen (secondary N) is 1. The van der Waals surface area contributed by atoms with Crippen LogP contribution in [0.1, 0.15) is 38.3 Å². The molecule has 0 radical (unpaired) electrons. The van der Waals surface area contributed by atoms with Crippen LogP contribution in [-0.4, -0.2) is 30.1 Å². The van der Waals surface area contributed by atoms with Crippen molar-refractivity contribution in [3.63, 3.8) is 0 Å². The first-order valence-corrected chi connectivity index (χ1v) is 7.97. The minimum atomic E-state index is 0.242. The number of hydrogen-bond donors (Lipinski definition) is 1. The SMILES string of the molecule is CCC1(CC)CN(C/C=C/Cl)C(c2ccccc2)CN1. The van der Waals surface area contributed by atoms with Crippen LogP contribution in [0, 0.1) is 0 Å². The number of rotatable bonds is 5. The Labute approximate surface area is 127 Å². The summed E-state index contributed by atoms with van der Waals surface area (Å²) < 4.78 is 0. The standard InChI is InChI=1S/C17H25ClN2/c1-3-17(4-2)14-20(12-8-11-18)16(13-19-17)15-9-6-5-7-10-15/h5-11,16,19H,3-4,12-14H2,1-2H3/b11-8+. The van der Waals surface area contributed by atoms with Gasteiger partial charge in [-0.25, -0.2) is 0 Å². The summed E-state index contributed by atoms with van der Waals surface area (Å²) >= 11 is 5.73. The van der Waals surface area contributed by atoms with Crippen molar-refractivity contribution < 1.29 is 0 Å². The lowest BCUT2D eigenvalue weighted by molar-refractivity contribution is 0.0827. The number of halogens is 1. The van der Waals surface area contributed by atoms with Gasteiger partial charge in [-0.1, -0.05) is 61.9 Å². The molecule has 110 valence electrons. The summed E-state index contributed by atoms with van der Waals surface area (Å²) in [7, 11) is 0. The molecule has 0 spiro atoms. The topological polar surface area (TPSA) is 15.3 Å². The van der Waals surface area contributed by atoms with Crippen LogP contribution < -0.4 is 5.32 Å². The summed E-state index contributed by atoms with van der Waals surface area (Å²) in [5.74, 6) is 0. The van der Waals surface area contributed by atoms with E-state index >= 15 is 0 Å². The number of hydrogen-bond acceptors (Lipinski definition) is 2. The van der Waals surface area contributed by atoms with Crippen molar-refractivity contribution in [3.05, 3.63) is 47.5 Å². The molecule has 1 heterocycles. The maximum Gasteiger partial charge on any atom is 0.0476 e. The zero-order valence-electron chi connectivity index (χ0n) is 12.5. The van der Waals surface area contributed by atoms with E-state index < -0.39 is 0 Å². The lowest BCUT2D eigenvalue weighted by atomic mass is 9.87. The van der Waals surface area contributed by atoms with Crippen molar-refractivity contribution in [3.8, 4) is 0 Å². The summed E-state index contributed by atoms with van der Waals surface area (Å²) in [5.41, 5.74) is 3.25. The van der Waals surface area contributed by atoms with Gasteiger partial charge in [0.15, 0.2) is 0 Å². The molecule has 2 rings (SSSR count). The summed E-state index contributed by atoms with van der Waals surface area (Å²) in [5, 5.41) is 3.79. The third-order valence-electron chi connectivity index (χ3n) is 4.58. The Kier molecular flexibility index (Phi) is 5.64. The minimum absolute atomic E-state index is 0.242. The molecule has 1 aromatic carbocycles. The Morgan fingerprint density at radius 1 is 1.30 bits per heavy atom. The van der Waals surface area contributed by atoms with E-state index in [2.05, 4.69) is 54.4 Å². The second-order valence-electron chi connectivity index (χ2n) is 5.59. The molecule has 1 aliphatic heterocycles. The number of benzene rings is 1. The van der Waals surface area contributed by atoms with Gasteiger partial charge in [0.25, 0.3) is 0 Å². The van der Waals surface area contributed by atoms with E-state index in [4.69, 9.17) is 11.6 Å². The molecule has 1 aliphatic rings. The normalized spacial score (nSPS) is 23.2. The molecule has 1 fully saturated rings. The fourth-order valence-corrected chi connectivity index (χ4v) is 3.17. The highest BCUT2D eigenvalue weighted by Gasteiger charge is 2.36. The van der Waals surface area contributed by atoms with E-state index in [1.165, 1.54) is 5.56 Å². The van der Waals surface area contributed by atoms with E-state index in [0.29, 0.717) is 6.04 Å². The van der Waals surface area contributed by atoms with Crippen LogP contribution >= 0.6 is 11.6 Å². The van der Waals surface area contributed by atoms with Gasteiger partial charge in [-0.2, -0.15) is 0 Å². The van der Waals surface area contributed by atoms with E-state index in [0.717, 1.165) is 32.5 Å². The van der Waals surface area contributed by atoms with Gasteiger partial charge in [0, 0.05) is 36.8 Å². The first-order chi connectivity index (χ1) is 9.74. The third kappa shape index (κ3) is 3.43. The van der Waals surface area contributed by atoms with Crippen molar-refractivity contribution in [2.75, 3.05) is 19.6 Å². The Morgan fingerprint density at radius 2 is 2.00 bits per heavy atom. The summed E-state index contributed by atoms with van der Waals surface area (Å²) in [6, 6.07) is 11.2. The van der Waals surface area contributed by atoms with Crippen LogP contribution in [0.2, 0.25) is 0 Å². The third-order valence-corrected chi connectivity index (χ3v) is 4.76. The lowest BCUT2D eigenvalue weighted by Crippen LogP contribution is -2.60. The lowest BCUT2D eigenvalue weighted by Gasteiger charge is -2.47. The molecule has 1 unspecified atom stereocenters. The molecule has 1 aromatic rings. The second kappa shape index (κ2) is 7.26. The predicted octanol–water partition coefficient (Wildman–Crippen LogP) is 3.94. The quantitative estimate of drug-likeness (QED) is 0.884. The Hall–Kier alpha value is -0.830. The van der Waals surface area contributed by atoms with Crippen molar-refractivity contribution in [1.82, 2.24) is 10.2 Å². The first-order valence-electron chi connectivity index (χ1n) is 7.54. The van der Waals surface area contributed by atoms with Crippen molar-refractivity contribution in [2.45, 2.75) is 38.3 Å². The molecule has 0 saturated carbocycles. The Balaban J connectivity index is 2.20. The maximum absolute atomic E-state index is 5.73. The van der Waals surface area contributed by atoms with Gasteiger partial charge in [-0.3, -0.25) is 4.90 Å². The summed E-state index contributed by atoms with van der Waals surface area (Å²) in [6.45, 7) is 7.53. The molecular formula is C17H25ClN2. The van der Waals surface area contributed by atoms with E-state index in [1.807, 2.05) is 6.08 Å². The molecule has 0 amide bonds. The van der Waals surface area contributed by atoms with E-state index in [-0.39, 0.29) is 5.54 Å². The zero-order chi connectivity index (χ0) is 14.4. The fourth-order valence-electron chi connectivity index (χ4n) is 3.09. The highest BCUT2D eigenvalue weighted by Crippen LogP contribution is 2.30. The number of nitrogens with zero attached hydrogens (tertiary/aromatic N) is 1. The van der Waals surface area contributed by atoms with Gasteiger partial charge in [-0.05, 0) is 18.4 Å².